The minimum Gasteiger partial charge on any atom is -0.497 e. The summed E-state index contributed by atoms with van der Waals surface area (Å²) in [6.45, 7) is 0.493. The molecule has 1 heterocycles. The number of benzene rings is 2. The van der Waals surface area contributed by atoms with Crippen molar-refractivity contribution < 1.29 is 17.9 Å². The number of nitrogens with zero attached hydrogens (tertiary/aromatic N) is 1. The van der Waals surface area contributed by atoms with Crippen molar-refractivity contribution in [2.24, 2.45) is 0 Å². The van der Waals surface area contributed by atoms with Gasteiger partial charge < -0.3 is 10.1 Å². The molecule has 4 rings (SSSR count). The van der Waals surface area contributed by atoms with Gasteiger partial charge in [0.1, 0.15) is 5.75 Å². The fourth-order valence-corrected chi connectivity index (χ4v) is 6.17. The fourth-order valence-electron chi connectivity index (χ4n) is 4.53. The summed E-state index contributed by atoms with van der Waals surface area (Å²) in [5, 5.41) is 3.27. The molecular formula is C23H28N2O4S. The summed E-state index contributed by atoms with van der Waals surface area (Å²) in [6.07, 6.45) is 5.44. The van der Waals surface area contributed by atoms with E-state index in [1.54, 1.807) is 31.4 Å². The van der Waals surface area contributed by atoms with Gasteiger partial charge >= 0.3 is 0 Å². The van der Waals surface area contributed by atoms with Gasteiger partial charge in [0.15, 0.2) is 0 Å². The normalized spacial score (nSPS) is 20.0. The first-order chi connectivity index (χ1) is 14.4. The third-order valence-corrected chi connectivity index (χ3v) is 8.07. The molecule has 0 atom stereocenters. The van der Waals surface area contributed by atoms with Crippen molar-refractivity contribution in [3.05, 3.63) is 59.7 Å². The topological polar surface area (TPSA) is 75.7 Å². The molecule has 6 nitrogen and oxygen atoms in total. The van der Waals surface area contributed by atoms with Gasteiger partial charge in [0.25, 0.3) is 5.91 Å². The molecular weight excluding hydrogens is 400 g/mol. The van der Waals surface area contributed by atoms with E-state index in [4.69, 9.17) is 4.74 Å². The Morgan fingerprint density at radius 1 is 1.03 bits per heavy atom. The number of ether oxygens (including phenoxy) is 1. The SMILES string of the molecule is COc1cccc(C2(NC(=O)c3ccc(N4CCCCS4(=O)=O)cc3)CCCC2)c1. The van der Waals surface area contributed by atoms with E-state index in [-0.39, 0.29) is 11.7 Å². The average Bonchev–Trinajstić information content (AvgIpc) is 3.23. The van der Waals surface area contributed by atoms with Gasteiger partial charge in [0.05, 0.1) is 24.1 Å². The van der Waals surface area contributed by atoms with Crippen molar-refractivity contribution in [2.45, 2.75) is 44.1 Å². The van der Waals surface area contributed by atoms with Crippen LogP contribution < -0.4 is 14.4 Å². The molecule has 1 amide bonds. The van der Waals surface area contributed by atoms with Crippen LogP contribution in [-0.4, -0.2) is 33.7 Å². The van der Waals surface area contributed by atoms with Gasteiger partial charge in [0.2, 0.25) is 10.0 Å². The van der Waals surface area contributed by atoms with Crippen molar-refractivity contribution in [3.8, 4) is 5.75 Å². The minimum absolute atomic E-state index is 0.146. The molecule has 1 aliphatic heterocycles. The molecule has 2 aromatic carbocycles. The van der Waals surface area contributed by atoms with Crippen LogP contribution in [0.4, 0.5) is 5.69 Å². The summed E-state index contributed by atoms with van der Waals surface area (Å²) in [5.74, 6) is 0.811. The van der Waals surface area contributed by atoms with Crippen LogP contribution in [0, 0.1) is 0 Å². The van der Waals surface area contributed by atoms with Crippen molar-refractivity contribution >= 4 is 21.6 Å². The molecule has 2 aliphatic rings. The minimum atomic E-state index is -3.26. The van der Waals surface area contributed by atoms with E-state index in [1.807, 2.05) is 24.3 Å². The van der Waals surface area contributed by atoms with Crippen LogP contribution in [0.3, 0.4) is 0 Å². The monoisotopic (exact) mass is 428 g/mol. The van der Waals surface area contributed by atoms with Gasteiger partial charge in [-0.05, 0) is 67.6 Å². The van der Waals surface area contributed by atoms with Gasteiger partial charge in [-0.15, -0.1) is 0 Å². The quantitative estimate of drug-likeness (QED) is 0.785. The first-order valence-corrected chi connectivity index (χ1v) is 12.1. The molecule has 30 heavy (non-hydrogen) atoms. The van der Waals surface area contributed by atoms with E-state index in [0.717, 1.165) is 43.4 Å². The van der Waals surface area contributed by atoms with Crippen molar-refractivity contribution in [1.82, 2.24) is 5.32 Å². The molecule has 1 aliphatic carbocycles. The summed E-state index contributed by atoms with van der Waals surface area (Å²) in [6, 6.07) is 14.8. The number of carbonyl (C=O) groups excluding carboxylic acids is 1. The van der Waals surface area contributed by atoms with E-state index < -0.39 is 15.6 Å². The number of nitrogens with one attached hydrogen (secondary N) is 1. The number of methoxy groups -OCH3 is 1. The Morgan fingerprint density at radius 2 is 1.77 bits per heavy atom. The molecule has 0 bridgehead atoms. The Bertz CT molecular complexity index is 1010. The third kappa shape index (κ3) is 4.03. The second-order valence-corrected chi connectivity index (χ2v) is 10.1. The maximum absolute atomic E-state index is 13.1. The molecule has 7 heteroatoms. The zero-order valence-corrected chi connectivity index (χ0v) is 18.1. The molecule has 1 saturated heterocycles. The predicted octanol–water partition coefficient (Wildman–Crippen LogP) is 3.82. The zero-order chi connectivity index (χ0) is 21.2. The van der Waals surface area contributed by atoms with Crippen molar-refractivity contribution in [2.75, 3.05) is 23.7 Å². The highest BCUT2D eigenvalue weighted by atomic mass is 32.2. The summed E-state index contributed by atoms with van der Waals surface area (Å²) in [4.78, 5) is 13.1. The Kier molecular flexibility index (Phi) is 5.73. The molecule has 2 aromatic rings. The largest absolute Gasteiger partial charge is 0.497 e. The van der Waals surface area contributed by atoms with Gasteiger partial charge in [-0.1, -0.05) is 25.0 Å². The van der Waals surface area contributed by atoms with E-state index in [0.29, 0.717) is 24.2 Å². The van der Waals surface area contributed by atoms with E-state index in [2.05, 4.69) is 5.32 Å². The lowest BCUT2D eigenvalue weighted by Crippen LogP contribution is -2.43. The fraction of sp³-hybridized carbons (Fsp3) is 0.435. The Balaban J connectivity index is 1.55. The Hall–Kier alpha value is -2.54. The highest BCUT2D eigenvalue weighted by Gasteiger charge is 2.37. The van der Waals surface area contributed by atoms with Crippen LogP contribution >= 0.6 is 0 Å². The lowest BCUT2D eigenvalue weighted by atomic mass is 9.87. The lowest BCUT2D eigenvalue weighted by Gasteiger charge is -2.31. The third-order valence-electron chi connectivity index (χ3n) is 6.20. The number of hydrogen-bond acceptors (Lipinski definition) is 4. The van der Waals surface area contributed by atoms with Gasteiger partial charge in [-0.25, -0.2) is 8.42 Å². The molecule has 0 unspecified atom stereocenters. The number of anilines is 1. The van der Waals surface area contributed by atoms with Gasteiger partial charge in [-0.3, -0.25) is 9.10 Å². The Morgan fingerprint density at radius 3 is 2.43 bits per heavy atom. The van der Waals surface area contributed by atoms with Gasteiger partial charge in [0, 0.05) is 12.1 Å². The molecule has 1 saturated carbocycles. The standard InChI is InChI=1S/C23H28N2O4S/c1-29-21-8-6-7-19(17-21)23(13-2-3-14-23)24-22(26)18-9-11-20(12-10-18)25-15-4-5-16-30(25,27)28/h6-12,17H,2-5,13-16H2,1H3,(H,24,26). The second-order valence-electron chi connectivity index (χ2n) is 8.12. The molecule has 160 valence electrons. The van der Waals surface area contributed by atoms with E-state index in [1.165, 1.54) is 4.31 Å². The van der Waals surface area contributed by atoms with Crippen LogP contribution in [0.15, 0.2) is 48.5 Å². The summed E-state index contributed by atoms with van der Waals surface area (Å²) >= 11 is 0. The van der Waals surface area contributed by atoms with Crippen LogP contribution in [0.2, 0.25) is 0 Å². The first-order valence-electron chi connectivity index (χ1n) is 10.5. The number of hydrogen-bond donors (Lipinski definition) is 1. The smallest absolute Gasteiger partial charge is 0.251 e. The maximum Gasteiger partial charge on any atom is 0.251 e. The highest BCUT2D eigenvalue weighted by Crippen LogP contribution is 2.40. The van der Waals surface area contributed by atoms with Crippen LogP contribution in [0.1, 0.15) is 54.4 Å². The summed E-state index contributed by atoms with van der Waals surface area (Å²) in [5.41, 5.74) is 1.81. The molecule has 0 radical (unpaired) electrons. The average molecular weight is 429 g/mol. The summed E-state index contributed by atoms with van der Waals surface area (Å²) in [7, 11) is -1.62. The highest BCUT2D eigenvalue weighted by molar-refractivity contribution is 7.92. The number of rotatable bonds is 5. The zero-order valence-electron chi connectivity index (χ0n) is 17.3. The number of amides is 1. The molecule has 2 fully saturated rings. The Labute approximate surface area is 178 Å². The van der Waals surface area contributed by atoms with Crippen LogP contribution in [0.5, 0.6) is 5.75 Å². The summed E-state index contributed by atoms with van der Waals surface area (Å²) < 4.78 is 31.5. The van der Waals surface area contributed by atoms with Crippen molar-refractivity contribution in [3.63, 3.8) is 0 Å². The molecule has 0 spiro atoms. The maximum atomic E-state index is 13.1. The molecule has 0 aromatic heterocycles. The van der Waals surface area contributed by atoms with Crippen LogP contribution in [0.25, 0.3) is 0 Å². The number of carbonyl (C=O) groups is 1. The second kappa shape index (κ2) is 8.30. The van der Waals surface area contributed by atoms with E-state index in [9.17, 15) is 13.2 Å². The number of sulfonamides is 1. The molecule has 1 N–H and O–H groups in total. The van der Waals surface area contributed by atoms with Crippen molar-refractivity contribution in [1.29, 1.82) is 0 Å². The predicted molar refractivity (Wildman–Crippen MR) is 117 cm³/mol. The van der Waals surface area contributed by atoms with E-state index >= 15 is 0 Å². The lowest BCUT2D eigenvalue weighted by molar-refractivity contribution is 0.0898. The first kappa shape index (κ1) is 20.7. The van der Waals surface area contributed by atoms with Crippen LogP contribution in [-0.2, 0) is 15.6 Å². The van der Waals surface area contributed by atoms with Gasteiger partial charge in [-0.2, -0.15) is 0 Å².